The average molecular weight is 589 g/mol. The van der Waals surface area contributed by atoms with Crippen molar-refractivity contribution in [2.75, 3.05) is 11.7 Å². The molecule has 0 spiro atoms. The second-order valence-corrected chi connectivity index (χ2v) is 12.7. The summed E-state index contributed by atoms with van der Waals surface area (Å²) in [6.07, 6.45) is -3.77. The Hall–Kier alpha value is -3.04. The lowest BCUT2D eigenvalue weighted by molar-refractivity contribution is -0.293. The Morgan fingerprint density at radius 2 is 1.88 bits per heavy atom. The van der Waals surface area contributed by atoms with Crippen LogP contribution in [0.4, 0.5) is 18.9 Å². The summed E-state index contributed by atoms with van der Waals surface area (Å²) in [6.45, 7) is 1.80. The summed E-state index contributed by atoms with van der Waals surface area (Å²) in [5.41, 5.74) is 1.24. The molecule has 0 unspecified atom stereocenters. The number of carbonyl (C=O) groups excluding carboxylic acids is 1. The SMILES string of the molecule is Cc1ncccc1NC(=O)c1ccc2c(c1)CC[C@@H]1C[C@@](OCP(=O)(O)O)(C(F)(F)F)CC[C@@]21Cc1ccccc1. The molecule has 2 aromatic carbocycles. The van der Waals surface area contributed by atoms with Gasteiger partial charge in [-0.05, 0) is 92.3 Å². The Morgan fingerprint density at radius 1 is 1.12 bits per heavy atom. The van der Waals surface area contributed by atoms with Crippen LogP contribution in [0.1, 0.15) is 58.4 Å². The van der Waals surface area contributed by atoms with Crippen molar-refractivity contribution in [1.29, 1.82) is 0 Å². The quantitative estimate of drug-likeness (QED) is 0.279. The monoisotopic (exact) mass is 588 g/mol. The maximum Gasteiger partial charge on any atom is 0.417 e. The standard InChI is InChI=1S/C30H32F3N2O5P/c1-20-26(8-5-15-34-20)35-27(36)23-10-12-25-22(16-23)9-11-24-18-29(30(31,32)33,40-19-41(37,38)39)14-13-28(24,25)17-21-6-3-2-4-7-21/h2-8,10,12,15-16,24H,9,11,13-14,17-19H2,1H3,(H,35,36)(H2,37,38,39)/t24-,28+,29-/m1/s1. The van der Waals surface area contributed by atoms with E-state index in [0.29, 0.717) is 36.2 Å². The molecule has 3 atom stereocenters. The first-order valence-corrected chi connectivity index (χ1v) is 15.3. The van der Waals surface area contributed by atoms with Gasteiger partial charge in [0.2, 0.25) is 0 Å². The number of carbonyl (C=O) groups is 1. The Morgan fingerprint density at radius 3 is 2.56 bits per heavy atom. The summed E-state index contributed by atoms with van der Waals surface area (Å²) >= 11 is 0. The molecule has 0 radical (unpaired) electrons. The number of amides is 1. The van der Waals surface area contributed by atoms with Crippen LogP contribution >= 0.6 is 7.60 Å². The zero-order valence-corrected chi connectivity index (χ0v) is 23.4. The first-order valence-electron chi connectivity index (χ1n) is 13.5. The minimum Gasteiger partial charge on any atom is -0.353 e. The maximum absolute atomic E-state index is 14.5. The molecule has 0 bridgehead atoms. The molecule has 41 heavy (non-hydrogen) atoms. The van der Waals surface area contributed by atoms with Crippen molar-refractivity contribution in [2.45, 2.75) is 62.6 Å². The number of nitrogens with zero attached hydrogens (tertiary/aromatic N) is 1. The predicted octanol–water partition coefficient (Wildman–Crippen LogP) is 6.32. The Labute approximate surface area is 236 Å². The van der Waals surface area contributed by atoms with E-state index in [9.17, 15) is 32.3 Å². The summed E-state index contributed by atoms with van der Waals surface area (Å²) in [5.74, 6) is -0.756. The summed E-state index contributed by atoms with van der Waals surface area (Å²) < 4.78 is 60.1. The first-order chi connectivity index (χ1) is 19.3. The van der Waals surface area contributed by atoms with Gasteiger partial charge >= 0.3 is 13.8 Å². The van der Waals surface area contributed by atoms with Crippen LogP contribution in [0.15, 0.2) is 66.9 Å². The predicted molar refractivity (Wildman–Crippen MR) is 148 cm³/mol. The fraction of sp³-hybridized carbons (Fsp3) is 0.400. The first kappa shape index (κ1) is 29.5. The molecule has 11 heteroatoms. The van der Waals surface area contributed by atoms with Gasteiger partial charge < -0.3 is 19.8 Å². The molecule has 3 N–H and O–H groups in total. The molecule has 218 valence electrons. The topological polar surface area (TPSA) is 109 Å². The van der Waals surface area contributed by atoms with E-state index in [1.54, 1.807) is 31.3 Å². The van der Waals surface area contributed by atoms with Crippen LogP contribution in [-0.4, -0.2) is 38.8 Å². The smallest absolute Gasteiger partial charge is 0.353 e. The number of aromatic nitrogens is 1. The third-order valence-electron chi connectivity index (χ3n) is 8.64. The molecule has 2 aliphatic carbocycles. The molecule has 7 nitrogen and oxygen atoms in total. The molecule has 3 aromatic rings. The highest BCUT2D eigenvalue weighted by atomic mass is 31.2. The molecule has 1 amide bonds. The van der Waals surface area contributed by atoms with Gasteiger partial charge in [-0.25, -0.2) is 0 Å². The lowest BCUT2D eigenvalue weighted by atomic mass is 9.52. The van der Waals surface area contributed by atoms with Crippen molar-refractivity contribution >= 4 is 19.2 Å². The molecule has 5 rings (SSSR count). The van der Waals surface area contributed by atoms with E-state index < -0.39 is 49.9 Å². The zero-order valence-electron chi connectivity index (χ0n) is 22.5. The van der Waals surface area contributed by atoms with Crippen LogP contribution in [0.5, 0.6) is 0 Å². The van der Waals surface area contributed by atoms with Gasteiger partial charge in [0.15, 0.2) is 5.60 Å². The number of benzene rings is 2. The number of halogens is 3. The highest BCUT2D eigenvalue weighted by molar-refractivity contribution is 7.51. The van der Waals surface area contributed by atoms with Crippen LogP contribution in [0.2, 0.25) is 0 Å². The fourth-order valence-electron chi connectivity index (χ4n) is 6.59. The Balaban J connectivity index is 1.51. The van der Waals surface area contributed by atoms with Gasteiger partial charge in [-0.2, -0.15) is 13.2 Å². The number of aryl methyl sites for hydroxylation is 2. The largest absolute Gasteiger partial charge is 0.417 e. The maximum atomic E-state index is 14.5. The zero-order chi connectivity index (χ0) is 29.5. The molecule has 1 heterocycles. The lowest BCUT2D eigenvalue weighted by Crippen LogP contribution is -2.58. The number of ether oxygens (including phenoxy) is 1. The van der Waals surface area contributed by atoms with E-state index in [1.165, 1.54) is 0 Å². The number of hydrogen-bond donors (Lipinski definition) is 3. The minimum absolute atomic E-state index is 0.112. The lowest BCUT2D eigenvalue weighted by Gasteiger charge is -2.54. The van der Waals surface area contributed by atoms with Crippen LogP contribution in [0, 0.1) is 12.8 Å². The van der Waals surface area contributed by atoms with E-state index in [0.717, 1.165) is 16.7 Å². The second kappa shape index (κ2) is 11.0. The molecule has 0 saturated heterocycles. The van der Waals surface area contributed by atoms with Crippen LogP contribution in [-0.2, 0) is 27.6 Å². The third kappa shape index (κ3) is 5.97. The molecule has 0 aliphatic heterocycles. The van der Waals surface area contributed by atoms with Crippen LogP contribution in [0.25, 0.3) is 0 Å². The van der Waals surface area contributed by atoms with Crippen LogP contribution < -0.4 is 5.32 Å². The molecular formula is C30H32F3N2O5P. The second-order valence-electron chi connectivity index (χ2n) is 11.2. The minimum atomic E-state index is -4.81. The number of alkyl halides is 3. The number of hydrogen-bond acceptors (Lipinski definition) is 4. The number of fused-ring (bicyclic) bond motifs is 3. The van der Waals surface area contributed by atoms with Gasteiger partial charge in [0, 0.05) is 17.2 Å². The van der Waals surface area contributed by atoms with Gasteiger partial charge in [-0.1, -0.05) is 36.4 Å². The van der Waals surface area contributed by atoms with Crippen molar-refractivity contribution in [3.63, 3.8) is 0 Å². The summed E-state index contributed by atoms with van der Waals surface area (Å²) in [5, 5.41) is 2.89. The van der Waals surface area contributed by atoms with E-state index in [4.69, 9.17) is 4.74 Å². The number of nitrogens with one attached hydrogen (secondary N) is 1. The number of anilines is 1. The number of rotatable bonds is 7. The summed E-state index contributed by atoms with van der Waals surface area (Å²) in [4.78, 5) is 35.9. The van der Waals surface area contributed by atoms with Crippen molar-refractivity contribution in [1.82, 2.24) is 4.98 Å². The summed E-state index contributed by atoms with van der Waals surface area (Å²) in [7, 11) is -4.81. The van der Waals surface area contributed by atoms with Crippen molar-refractivity contribution in [2.24, 2.45) is 5.92 Å². The van der Waals surface area contributed by atoms with Crippen molar-refractivity contribution in [3.8, 4) is 0 Å². The molecular weight excluding hydrogens is 556 g/mol. The van der Waals surface area contributed by atoms with E-state index in [-0.39, 0.29) is 12.3 Å². The molecule has 1 saturated carbocycles. The normalized spacial score (nSPS) is 24.3. The van der Waals surface area contributed by atoms with Crippen molar-refractivity contribution in [3.05, 3.63) is 94.8 Å². The fourth-order valence-corrected chi connectivity index (χ4v) is 7.01. The highest BCUT2D eigenvalue weighted by Crippen LogP contribution is 2.59. The number of pyridine rings is 1. The average Bonchev–Trinajstić information content (AvgIpc) is 2.92. The van der Waals surface area contributed by atoms with Gasteiger partial charge in [0.1, 0.15) is 6.35 Å². The van der Waals surface area contributed by atoms with Gasteiger partial charge in [-0.15, -0.1) is 0 Å². The highest BCUT2D eigenvalue weighted by Gasteiger charge is 2.63. The van der Waals surface area contributed by atoms with E-state index in [2.05, 4.69) is 10.3 Å². The van der Waals surface area contributed by atoms with E-state index >= 15 is 0 Å². The van der Waals surface area contributed by atoms with Crippen molar-refractivity contribution < 1.29 is 37.1 Å². The van der Waals surface area contributed by atoms with E-state index in [1.807, 2.05) is 42.5 Å². The van der Waals surface area contributed by atoms with Gasteiger partial charge in [-0.3, -0.25) is 14.3 Å². The third-order valence-corrected chi connectivity index (χ3v) is 9.11. The molecule has 2 aliphatic rings. The molecule has 1 aromatic heterocycles. The Kier molecular flexibility index (Phi) is 7.89. The summed E-state index contributed by atoms with van der Waals surface area (Å²) in [6, 6.07) is 18.5. The van der Waals surface area contributed by atoms with Gasteiger partial charge in [0.25, 0.3) is 5.91 Å². The van der Waals surface area contributed by atoms with Crippen LogP contribution in [0.3, 0.4) is 0 Å². The Bertz CT molecular complexity index is 1480. The molecule has 1 fully saturated rings. The van der Waals surface area contributed by atoms with Gasteiger partial charge in [0.05, 0.1) is 11.4 Å².